The van der Waals surface area contributed by atoms with Crippen LogP contribution in [0.1, 0.15) is 36.5 Å². The maximum absolute atomic E-state index is 12.5. The molecule has 0 radical (unpaired) electrons. The van der Waals surface area contributed by atoms with Crippen molar-refractivity contribution in [1.82, 2.24) is 4.90 Å². The first-order valence-electron chi connectivity index (χ1n) is 8.19. The van der Waals surface area contributed by atoms with E-state index in [9.17, 15) is 4.79 Å². The number of likely N-dealkylation sites (tertiary alicyclic amines) is 1. The quantitative estimate of drug-likeness (QED) is 0.791. The number of methoxy groups -OCH3 is 1. The largest absolute Gasteiger partial charge is 0.469 e. The number of hydrogen-bond donors (Lipinski definition) is 0. The van der Waals surface area contributed by atoms with Crippen molar-refractivity contribution in [2.24, 2.45) is 0 Å². The average Bonchev–Trinajstić information content (AvgIpc) is 3.10. The number of furan rings is 1. The van der Waals surface area contributed by atoms with Gasteiger partial charge in [-0.15, -0.1) is 0 Å². The maximum Gasteiger partial charge on any atom is 0.314 e. The van der Waals surface area contributed by atoms with Crippen LogP contribution in [0.25, 0.3) is 0 Å². The van der Waals surface area contributed by atoms with E-state index in [1.807, 2.05) is 42.5 Å². The highest BCUT2D eigenvalue weighted by Gasteiger charge is 2.36. The lowest BCUT2D eigenvalue weighted by molar-refractivity contribution is -0.144. The van der Waals surface area contributed by atoms with Crippen LogP contribution in [0.5, 0.6) is 0 Å². The molecule has 1 aliphatic heterocycles. The molecular formula is C19H23NO3. The molecule has 1 saturated heterocycles. The van der Waals surface area contributed by atoms with Gasteiger partial charge in [0.15, 0.2) is 0 Å². The van der Waals surface area contributed by atoms with E-state index >= 15 is 0 Å². The van der Waals surface area contributed by atoms with Crippen molar-refractivity contribution in [2.75, 3.05) is 13.7 Å². The molecule has 2 atom stereocenters. The van der Waals surface area contributed by atoms with Gasteiger partial charge in [-0.05, 0) is 37.1 Å². The van der Waals surface area contributed by atoms with Crippen molar-refractivity contribution in [1.29, 1.82) is 0 Å². The van der Waals surface area contributed by atoms with E-state index in [0.29, 0.717) is 0 Å². The number of nitrogens with zero attached hydrogens (tertiary/aromatic N) is 1. The summed E-state index contributed by atoms with van der Waals surface area (Å²) in [5.74, 6) is 0.526. The number of ether oxygens (including phenoxy) is 1. The van der Waals surface area contributed by atoms with Crippen LogP contribution in [0.4, 0.5) is 0 Å². The van der Waals surface area contributed by atoms with E-state index in [1.54, 1.807) is 6.26 Å². The van der Waals surface area contributed by atoms with Crippen LogP contribution in [0.3, 0.4) is 0 Å². The first-order chi connectivity index (χ1) is 11.3. The van der Waals surface area contributed by atoms with Gasteiger partial charge in [0, 0.05) is 6.04 Å². The van der Waals surface area contributed by atoms with Gasteiger partial charge >= 0.3 is 5.97 Å². The molecule has 2 heterocycles. The molecule has 23 heavy (non-hydrogen) atoms. The van der Waals surface area contributed by atoms with Crippen molar-refractivity contribution in [2.45, 2.75) is 37.8 Å². The molecule has 0 saturated carbocycles. The second kappa shape index (κ2) is 7.47. The van der Waals surface area contributed by atoms with Crippen LogP contribution < -0.4 is 0 Å². The summed E-state index contributed by atoms with van der Waals surface area (Å²) >= 11 is 0. The molecular weight excluding hydrogens is 290 g/mol. The van der Waals surface area contributed by atoms with Gasteiger partial charge in [-0.3, -0.25) is 9.69 Å². The highest BCUT2D eigenvalue weighted by atomic mass is 16.5. The van der Waals surface area contributed by atoms with Gasteiger partial charge < -0.3 is 9.15 Å². The Labute approximate surface area is 137 Å². The van der Waals surface area contributed by atoms with Crippen LogP contribution in [-0.4, -0.2) is 30.6 Å². The maximum atomic E-state index is 12.5. The third-order valence-electron chi connectivity index (χ3n) is 4.60. The summed E-state index contributed by atoms with van der Waals surface area (Å²) < 4.78 is 10.6. The highest BCUT2D eigenvalue weighted by Crippen LogP contribution is 2.32. The van der Waals surface area contributed by atoms with Crippen LogP contribution in [0, 0.1) is 0 Å². The predicted octanol–water partition coefficient (Wildman–Crippen LogP) is 3.59. The lowest BCUT2D eigenvalue weighted by atomic mass is 9.85. The number of carbonyl (C=O) groups is 1. The van der Waals surface area contributed by atoms with E-state index < -0.39 is 0 Å². The Kier molecular flexibility index (Phi) is 5.13. The van der Waals surface area contributed by atoms with E-state index in [2.05, 4.69) is 4.90 Å². The summed E-state index contributed by atoms with van der Waals surface area (Å²) in [4.78, 5) is 14.8. The molecule has 1 aromatic carbocycles. The Hall–Kier alpha value is -2.07. The fraction of sp³-hybridized carbons (Fsp3) is 0.421. The number of carbonyl (C=O) groups excluding carboxylic acids is 1. The molecule has 0 spiro atoms. The molecule has 1 fully saturated rings. The van der Waals surface area contributed by atoms with Crippen molar-refractivity contribution in [3.63, 3.8) is 0 Å². The minimum Gasteiger partial charge on any atom is -0.469 e. The van der Waals surface area contributed by atoms with Crippen LogP contribution in [0.15, 0.2) is 53.1 Å². The SMILES string of the molecule is COC(=O)[C@H](c1ccccc1)[C@H]1CCCCN1Cc1ccco1. The zero-order chi connectivity index (χ0) is 16.1. The number of piperidine rings is 1. The molecule has 1 aromatic heterocycles. The fourth-order valence-electron chi connectivity index (χ4n) is 3.50. The smallest absolute Gasteiger partial charge is 0.314 e. The Morgan fingerprint density at radius 1 is 1.26 bits per heavy atom. The second-order valence-corrected chi connectivity index (χ2v) is 6.02. The summed E-state index contributed by atoms with van der Waals surface area (Å²) in [6.45, 7) is 1.71. The second-order valence-electron chi connectivity index (χ2n) is 6.02. The van der Waals surface area contributed by atoms with Crippen molar-refractivity contribution in [3.8, 4) is 0 Å². The highest BCUT2D eigenvalue weighted by molar-refractivity contribution is 5.79. The summed E-state index contributed by atoms with van der Waals surface area (Å²) in [6, 6.07) is 14.0. The fourth-order valence-corrected chi connectivity index (χ4v) is 3.50. The van der Waals surface area contributed by atoms with Gasteiger partial charge in [0.2, 0.25) is 0 Å². The topological polar surface area (TPSA) is 42.7 Å². The van der Waals surface area contributed by atoms with Gasteiger partial charge in [0.05, 0.1) is 25.8 Å². The van der Waals surface area contributed by atoms with Gasteiger partial charge in [0.1, 0.15) is 5.76 Å². The third-order valence-corrected chi connectivity index (χ3v) is 4.60. The molecule has 3 rings (SSSR count). The summed E-state index contributed by atoms with van der Waals surface area (Å²) in [7, 11) is 1.47. The number of esters is 1. The molecule has 4 heteroatoms. The van der Waals surface area contributed by atoms with Crippen LogP contribution >= 0.6 is 0 Å². The first kappa shape index (κ1) is 15.8. The Balaban J connectivity index is 1.87. The van der Waals surface area contributed by atoms with Crippen LogP contribution in [-0.2, 0) is 16.1 Å². The minimum atomic E-state index is -0.253. The van der Waals surface area contributed by atoms with Crippen molar-refractivity contribution >= 4 is 5.97 Å². The van der Waals surface area contributed by atoms with Gasteiger partial charge in [-0.2, -0.15) is 0 Å². The molecule has 2 aromatic rings. The molecule has 122 valence electrons. The monoisotopic (exact) mass is 313 g/mol. The summed E-state index contributed by atoms with van der Waals surface area (Å²) in [6.07, 6.45) is 4.98. The molecule has 0 aliphatic carbocycles. The lowest BCUT2D eigenvalue weighted by Crippen LogP contribution is -2.45. The van der Waals surface area contributed by atoms with E-state index in [-0.39, 0.29) is 17.9 Å². The van der Waals surface area contributed by atoms with E-state index in [0.717, 1.165) is 43.7 Å². The number of rotatable bonds is 5. The Morgan fingerprint density at radius 2 is 2.09 bits per heavy atom. The normalized spacial score (nSPS) is 20.1. The van der Waals surface area contributed by atoms with E-state index in [4.69, 9.17) is 9.15 Å². The number of benzene rings is 1. The molecule has 0 amide bonds. The molecule has 4 nitrogen and oxygen atoms in total. The van der Waals surface area contributed by atoms with Gasteiger partial charge in [-0.1, -0.05) is 36.8 Å². The lowest BCUT2D eigenvalue weighted by Gasteiger charge is -2.39. The molecule has 0 N–H and O–H groups in total. The third kappa shape index (κ3) is 3.64. The Morgan fingerprint density at radius 3 is 2.78 bits per heavy atom. The zero-order valence-corrected chi connectivity index (χ0v) is 13.5. The van der Waals surface area contributed by atoms with E-state index in [1.165, 1.54) is 7.11 Å². The van der Waals surface area contributed by atoms with Gasteiger partial charge in [0.25, 0.3) is 0 Å². The Bertz CT molecular complexity index is 609. The predicted molar refractivity (Wildman–Crippen MR) is 88.0 cm³/mol. The standard InChI is InChI=1S/C19H23NO3/c1-22-19(21)18(15-8-3-2-4-9-15)17-11-5-6-12-20(17)14-16-10-7-13-23-16/h2-4,7-10,13,17-18H,5-6,11-12,14H2,1H3/t17-,18-/m1/s1. The average molecular weight is 313 g/mol. The zero-order valence-electron chi connectivity index (χ0n) is 13.5. The summed E-state index contributed by atoms with van der Waals surface area (Å²) in [5.41, 5.74) is 1.02. The van der Waals surface area contributed by atoms with Crippen molar-refractivity contribution < 1.29 is 13.9 Å². The summed E-state index contributed by atoms with van der Waals surface area (Å²) in [5, 5.41) is 0. The first-order valence-corrected chi connectivity index (χ1v) is 8.19. The van der Waals surface area contributed by atoms with Crippen molar-refractivity contribution in [3.05, 3.63) is 60.1 Å². The number of hydrogen-bond acceptors (Lipinski definition) is 4. The molecule has 0 unspecified atom stereocenters. The molecule has 1 aliphatic rings. The molecule has 0 bridgehead atoms. The minimum absolute atomic E-state index is 0.142. The van der Waals surface area contributed by atoms with Gasteiger partial charge in [-0.25, -0.2) is 0 Å². The van der Waals surface area contributed by atoms with Crippen LogP contribution in [0.2, 0.25) is 0 Å².